The maximum Gasteiger partial charge on any atom is 0.232 e. The molecular formula is C20H23N5OS. The minimum Gasteiger partial charge on any atom is -0.345 e. The number of thioether (sulfide) groups is 1. The lowest BCUT2D eigenvalue weighted by atomic mass is 10.2. The average molecular weight is 382 g/mol. The van der Waals surface area contributed by atoms with Crippen LogP contribution in [0.4, 0.5) is 0 Å². The predicted molar refractivity (Wildman–Crippen MR) is 108 cm³/mol. The van der Waals surface area contributed by atoms with E-state index in [1.54, 1.807) is 17.3 Å². The van der Waals surface area contributed by atoms with Crippen molar-refractivity contribution in [1.82, 2.24) is 24.6 Å². The Kier molecular flexibility index (Phi) is 6.59. The summed E-state index contributed by atoms with van der Waals surface area (Å²) < 4.78 is 1.97. The van der Waals surface area contributed by atoms with Gasteiger partial charge in [-0.1, -0.05) is 43.3 Å². The van der Waals surface area contributed by atoms with Crippen LogP contribution in [0.5, 0.6) is 0 Å². The second-order valence-electron chi connectivity index (χ2n) is 6.18. The number of amides is 1. The van der Waals surface area contributed by atoms with Crippen molar-refractivity contribution in [2.24, 2.45) is 0 Å². The Labute approximate surface area is 163 Å². The molecule has 6 nitrogen and oxygen atoms in total. The first-order valence-corrected chi connectivity index (χ1v) is 9.97. The van der Waals surface area contributed by atoms with E-state index in [9.17, 15) is 4.79 Å². The Balaban J connectivity index is 1.86. The average Bonchev–Trinajstić information content (AvgIpc) is 3.15. The van der Waals surface area contributed by atoms with E-state index in [-0.39, 0.29) is 5.91 Å². The molecule has 0 aliphatic rings. The minimum absolute atomic E-state index is 0.0963. The summed E-state index contributed by atoms with van der Waals surface area (Å²) in [6, 6.07) is 13.7. The first-order chi connectivity index (χ1) is 13.2. The van der Waals surface area contributed by atoms with Crippen molar-refractivity contribution in [2.45, 2.75) is 24.9 Å². The molecule has 0 N–H and O–H groups in total. The lowest BCUT2D eigenvalue weighted by molar-refractivity contribution is -0.127. The van der Waals surface area contributed by atoms with Crippen LogP contribution in [0.3, 0.4) is 0 Å². The zero-order valence-corrected chi connectivity index (χ0v) is 16.4. The van der Waals surface area contributed by atoms with E-state index < -0.39 is 0 Å². The molecule has 0 bridgehead atoms. The molecule has 3 aromatic rings. The van der Waals surface area contributed by atoms with Crippen molar-refractivity contribution in [1.29, 1.82) is 0 Å². The largest absolute Gasteiger partial charge is 0.345 e. The van der Waals surface area contributed by atoms with Gasteiger partial charge in [-0.2, -0.15) is 0 Å². The molecule has 0 radical (unpaired) electrons. The maximum absolute atomic E-state index is 12.4. The van der Waals surface area contributed by atoms with Gasteiger partial charge in [0.05, 0.1) is 5.75 Å². The second kappa shape index (κ2) is 9.32. The second-order valence-corrected chi connectivity index (χ2v) is 7.12. The number of rotatable bonds is 8. The molecule has 2 heterocycles. The Morgan fingerprint density at radius 1 is 1.15 bits per heavy atom. The van der Waals surface area contributed by atoms with Crippen molar-refractivity contribution in [3.05, 3.63) is 54.9 Å². The van der Waals surface area contributed by atoms with E-state index in [1.165, 1.54) is 11.8 Å². The molecule has 3 rings (SSSR count). The van der Waals surface area contributed by atoms with Gasteiger partial charge in [-0.15, -0.1) is 10.2 Å². The fraction of sp³-hybridized carbons (Fsp3) is 0.300. The van der Waals surface area contributed by atoms with Gasteiger partial charge in [0, 0.05) is 37.2 Å². The number of hydrogen-bond donors (Lipinski definition) is 0. The molecule has 0 fully saturated rings. The number of para-hydroxylation sites is 1. The number of hydrogen-bond acceptors (Lipinski definition) is 5. The molecule has 0 unspecified atom stereocenters. The van der Waals surface area contributed by atoms with Gasteiger partial charge >= 0.3 is 0 Å². The summed E-state index contributed by atoms with van der Waals surface area (Å²) in [6.07, 6.45) is 5.58. The quantitative estimate of drug-likeness (QED) is 0.557. The van der Waals surface area contributed by atoms with Crippen LogP contribution in [0.15, 0.2) is 60.0 Å². The van der Waals surface area contributed by atoms with Gasteiger partial charge in [-0.25, -0.2) is 0 Å². The summed E-state index contributed by atoms with van der Waals surface area (Å²) in [5.41, 5.74) is 1.84. The third-order valence-corrected chi connectivity index (χ3v) is 5.08. The van der Waals surface area contributed by atoms with Crippen LogP contribution in [0.25, 0.3) is 17.1 Å². The molecule has 1 amide bonds. The van der Waals surface area contributed by atoms with Crippen LogP contribution < -0.4 is 0 Å². The highest BCUT2D eigenvalue weighted by molar-refractivity contribution is 7.99. The highest BCUT2D eigenvalue weighted by Gasteiger charge is 2.18. The van der Waals surface area contributed by atoms with Gasteiger partial charge in [-0.05, 0) is 30.7 Å². The molecule has 7 heteroatoms. The smallest absolute Gasteiger partial charge is 0.232 e. The fourth-order valence-electron chi connectivity index (χ4n) is 2.61. The monoisotopic (exact) mass is 381 g/mol. The van der Waals surface area contributed by atoms with E-state index in [0.29, 0.717) is 16.7 Å². The summed E-state index contributed by atoms with van der Waals surface area (Å²) in [5, 5.41) is 9.39. The number of benzene rings is 1. The Morgan fingerprint density at radius 2 is 1.96 bits per heavy atom. The number of carbonyl (C=O) groups excluding carboxylic acids is 1. The van der Waals surface area contributed by atoms with Gasteiger partial charge in [0.25, 0.3) is 0 Å². The third-order valence-electron chi connectivity index (χ3n) is 4.17. The van der Waals surface area contributed by atoms with Crippen LogP contribution in [0.1, 0.15) is 19.8 Å². The van der Waals surface area contributed by atoms with Crippen LogP contribution >= 0.6 is 11.8 Å². The zero-order valence-electron chi connectivity index (χ0n) is 15.6. The minimum atomic E-state index is 0.0963. The Bertz CT molecular complexity index is 867. The number of pyridine rings is 1. The number of unbranched alkanes of at least 4 members (excludes halogenated alkanes) is 1. The summed E-state index contributed by atoms with van der Waals surface area (Å²) in [7, 11) is 1.85. The molecule has 0 saturated heterocycles. The van der Waals surface area contributed by atoms with Crippen molar-refractivity contribution in [2.75, 3.05) is 19.3 Å². The van der Waals surface area contributed by atoms with Crippen LogP contribution in [-0.2, 0) is 4.79 Å². The maximum atomic E-state index is 12.4. The van der Waals surface area contributed by atoms with Crippen molar-refractivity contribution < 1.29 is 4.79 Å². The Morgan fingerprint density at radius 3 is 2.67 bits per heavy atom. The van der Waals surface area contributed by atoms with Gasteiger partial charge in [0.15, 0.2) is 11.0 Å². The van der Waals surface area contributed by atoms with Crippen molar-refractivity contribution in [3.63, 3.8) is 0 Å². The normalized spacial score (nSPS) is 10.7. The van der Waals surface area contributed by atoms with Gasteiger partial charge in [-0.3, -0.25) is 14.3 Å². The standard InChI is InChI=1S/C20H23N5OS/c1-3-4-13-24(2)18(26)15-27-20-23-22-19(16-9-8-12-21-14-16)25(20)17-10-6-5-7-11-17/h5-12,14H,3-4,13,15H2,1-2H3. The molecule has 0 aliphatic carbocycles. The van der Waals surface area contributed by atoms with Crippen molar-refractivity contribution >= 4 is 17.7 Å². The fourth-order valence-corrected chi connectivity index (χ4v) is 3.50. The molecule has 27 heavy (non-hydrogen) atoms. The predicted octanol–water partition coefficient (Wildman–Crippen LogP) is 3.68. The van der Waals surface area contributed by atoms with E-state index in [4.69, 9.17) is 0 Å². The summed E-state index contributed by atoms with van der Waals surface area (Å²) in [5.74, 6) is 1.14. The lowest BCUT2D eigenvalue weighted by Gasteiger charge is -2.16. The van der Waals surface area contributed by atoms with Crippen LogP contribution in [0.2, 0.25) is 0 Å². The van der Waals surface area contributed by atoms with E-state index in [0.717, 1.165) is 30.6 Å². The topological polar surface area (TPSA) is 63.9 Å². The molecule has 1 aromatic carbocycles. The first-order valence-electron chi connectivity index (χ1n) is 8.98. The summed E-state index contributed by atoms with van der Waals surface area (Å²) >= 11 is 1.41. The van der Waals surface area contributed by atoms with Crippen LogP contribution in [0, 0.1) is 0 Å². The number of aromatic nitrogens is 4. The van der Waals surface area contributed by atoms with Gasteiger partial charge in [0.1, 0.15) is 0 Å². The van der Waals surface area contributed by atoms with Crippen molar-refractivity contribution in [3.8, 4) is 17.1 Å². The molecule has 2 aromatic heterocycles. The highest BCUT2D eigenvalue weighted by Crippen LogP contribution is 2.27. The summed E-state index contributed by atoms with van der Waals surface area (Å²) in [6.45, 7) is 2.90. The van der Waals surface area contributed by atoms with E-state index in [2.05, 4.69) is 22.1 Å². The number of nitrogens with zero attached hydrogens (tertiary/aromatic N) is 5. The zero-order chi connectivity index (χ0) is 19.1. The first kappa shape index (κ1) is 19.1. The molecule has 140 valence electrons. The van der Waals surface area contributed by atoms with Crippen LogP contribution in [-0.4, -0.2) is 49.9 Å². The molecular weight excluding hydrogens is 358 g/mol. The highest BCUT2D eigenvalue weighted by atomic mass is 32.2. The molecule has 0 aliphatic heterocycles. The van der Waals surface area contributed by atoms with E-state index >= 15 is 0 Å². The van der Waals surface area contributed by atoms with Gasteiger partial charge in [0.2, 0.25) is 5.91 Å². The summed E-state index contributed by atoms with van der Waals surface area (Å²) in [4.78, 5) is 18.3. The lowest BCUT2D eigenvalue weighted by Crippen LogP contribution is -2.29. The van der Waals surface area contributed by atoms with E-state index in [1.807, 2.05) is 54.1 Å². The number of carbonyl (C=O) groups is 1. The third kappa shape index (κ3) is 4.74. The van der Waals surface area contributed by atoms with Gasteiger partial charge < -0.3 is 4.90 Å². The molecule has 0 spiro atoms. The Hall–Kier alpha value is -2.67. The molecule has 0 saturated carbocycles. The SMILES string of the molecule is CCCCN(C)C(=O)CSc1nnc(-c2cccnc2)n1-c1ccccc1. The molecule has 0 atom stereocenters.